The number of fused-ring (bicyclic) bond motifs is 1. The molecule has 0 saturated heterocycles. The molecule has 1 N–H and O–H groups in total. The summed E-state index contributed by atoms with van der Waals surface area (Å²) in [6, 6.07) is 13.2. The molecule has 160 valence electrons. The quantitative estimate of drug-likeness (QED) is 0.603. The summed E-state index contributed by atoms with van der Waals surface area (Å²) < 4.78 is 12.7. The van der Waals surface area contributed by atoms with Gasteiger partial charge in [-0.25, -0.2) is 0 Å². The van der Waals surface area contributed by atoms with Crippen LogP contribution in [0.25, 0.3) is 17.5 Å². The summed E-state index contributed by atoms with van der Waals surface area (Å²) in [5.41, 5.74) is 2.50. The molecule has 0 aliphatic carbocycles. The summed E-state index contributed by atoms with van der Waals surface area (Å²) in [5, 5.41) is 11.7. The van der Waals surface area contributed by atoms with Crippen molar-refractivity contribution in [2.24, 2.45) is 0 Å². The number of hydrogen-bond donors (Lipinski definition) is 1. The summed E-state index contributed by atoms with van der Waals surface area (Å²) in [7, 11) is 3.17. The molecular weight excluding hydrogens is 392 g/mol. The van der Waals surface area contributed by atoms with Gasteiger partial charge in [0.25, 0.3) is 0 Å². The summed E-state index contributed by atoms with van der Waals surface area (Å²) >= 11 is 0. The van der Waals surface area contributed by atoms with Gasteiger partial charge in [-0.05, 0) is 48.7 Å². The first kappa shape index (κ1) is 20.7. The third-order valence-corrected chi connectivity index (χ3v) is 5.33. The van der Waals surface area contributed by atoms with Crippen LogP contribution < -0.4 is 14.8 Å². The Kier molecular flexibility index (Phi) is 6.31. The topological polar surface area (TPSA) is 78.3 Å². The van der Waals surface area contributed by atoms with Crippen molar-refractivity contribution in [1.29, 1.82) is 0 Å². The molecular formula is C24H26N4O3. The van der Waals surface area contributed by atoms with E-state index in [2.05, 4.69) is 20.1 Å². The second-order valence-corrected chi connectivity index (χ2v) is 7.42. The Morgan fingerprint density at radius 2 is 1.90 bits per heavy atom. The van der Waals surface area contributed by atoms with E-state index in [1.165, 1.54) is 12.5 Å². The molecule has 7 nitrogen and oxygen atoms in total. The van der Waals surface area contributed by atoms with Crippen LogP contribution in [0.1, 0.15) is 30.7 Å². The van der Waals surface area contributed by atoms with Gasteiger partial charge in [0.1, 0.15) is 5.82 Å². The molecule has 3 aromatic rings. The number of carbonyl (C=O) groups is 1. The predicted molar refractivity (Wildman–Crippen MR) is 120 cm³/mol. The standard InChI is InChI=1S/C24H26N4O3/c1-30-20-12-10-17(15-21(20)31-2)11-13-23(29)25-19-8-6-7-18(16-19)24-27-26-22-9-4-3-5-14-28(22)24/h6-8,10-13,15-16H,3-5,9,14H2,1-2H3,(H,25,29). The number of anilines is 1. The van der Waals surface area contributed by atoms with Crippen LogP contribution in [-0.4, -0.2) is 34.9 Å². The molecule has 2 aromatic carbocycles. The maximum atomic E-state index is 12.5. The van der Waals surface area contributed by atoms with E-state index in [9.17, 15) is 4.79 Å². The number of aryl methyl sites for hydroxylation is 1. The predicted octanol–water partition coefficient (Wildman–Crippen LogP) is 4.34. The fourth-order valence-electron chi connectivity index (χ4n) is 3.75. The molecule has 0 fully saturated rings. The molecule has 0 spiro atoms. The van der Waals surface area contributed by atoms with Gasteiger partial charge < -0.3 is 19.4 Å². The van der Waals surface area contributed by atoms with Crippen LogP contribution in [0.3, 0.4) is 0 Å². The Labute approximate surface area is 181 Å². The average Bonchev–Trinajstić information content (AvgIpc) is 3.05. The minimum absolute atomic E-state index is 0.216. The third-order valence-electron chi connectivity index (χ3n) is 5.33. The van der Waals surface area contributed by atoms with E-state index in [-0.39, 0.29) is 5.91 Å². The number of rotatable bonds is 6. The molecule has 2 heterocycles. The molecule has 0 atom stereocenters. The van der Waals surface area contributed by atoms with E-state index >= 15 is 0 Å². The zero-order chi connectivity index (χ0) is 21.6. The number of nitrogens with one attached hydrogen (secondary N) is 1. The Morgan fingerprint density at radius 3 is 2.74 bits per heavy atom. The van der Waals surface area contributed by atoms with Gasteiger partial charge in [-0.2, -0.15) is 0 Å². The lowest BCUT2D eigenvalue weighted by atomic mass is 10.1. The number of ether oxygens (including phenoxy) is 2. The van der Waals surface area contributed by atoms with E-state index < -0.39 is 0 Å². The van der Waals surface area contributed by atoms with Crippen molar-refractivity contribution in [3.8, 4) is 22.9 Å². The highest BCUT2D eigenvalue weighted by atomic mass is 16.5. The van der Waals surface area contributed by atoms with Gasteiger partial charge in [-0.3, -0.25) is 4.79 Å². The number of carbonyl (C=O) groups excluding carboxylic acids is 1. The SMILES string of the molecule is COc1ccc(C=CC(=O)Nc2cccc(-c3nnc4n3CCCCC4)c2)cc1OC. The molecule has 1 aliphatic rings. The second-order valence-electron chi connectivity index (χ2n) is 7.42. The third kappa shape index (κ3) is 4.77. The summed E-state index contributed by atoms with van der Waals surface area (Å²) in [6.45, 7) is 0.933. The van der Waals surface area contributed by atoms with Gasteiger partial charge in [0.15, 0.2) is 17.3 Å². The van der Waals surface area contributed by atoms with E-state index in [0.29, 0.717) is 17.2 Å². The number of benzene rings is 2. The Balaban J connectivity index is 1.48. The highest BCUT2D eigenvalue weighted by Crippen LogP contribution is 2.28. The fraction of sp³-hybridized carbons (Fsp3) is 0.292. The lowest BCUT2D eigenvalue weighted by molar-refractivity contribution is -0.111. The van der Waals surface area contributed by atoms with Crippen LogP contribution in [0, 0.1) is 0 Å². The van der Waals surface area contributed by atoms with Crippen LogP contribution in [0.2, 0.25) is 0 Å². The van der Waals surface area contributed by atoms with Crippen LogP contribution in [0.5, 0.6) is 11.5 Å². The van der Waals surface area contributed by atoms with Crippen LogP contribution in [0.4, 0.5) is 5.69 Å². The van der Waals surface area contributed by atoms with E-state index in [1.54, 1.807) is 26.4 Å². The molecule has 1 aromatic heterocycles. The monoisotopic (exact) mass is 418 g/mol. The van der Waals surface area contributed by atoms with E-state index in [0.717, 1.165) is 48.6 Å². The first-order chi connectivity index (χ1) is 15.2. The molecule has 7 heteroatoms. The normalized spacial score (nSPS) is 13.5. The zero-order valence-corrected chi connectivity index (χ0v) is 17.8. The van der Waals surface area contributed by atoms with Gasteiger partial charge in [0.2, 0.25) is 5.91 Å². The van der Waals surface area contributed by atoms with Gasteiger partial charge in [0.05, 0.1) is 14.2 Å². The first-order valence-corrected chi connectivity index (χ1v) is 10.4. The molecule has 1 amide bonds. The summed E-state index contributed by atoms with van der Waals surface area (Å²) in [4.78, 5) is 12.5. The first-order valence-electron chi connectivity index (χ1n) is 10.4. The van der Waals surface area contributed by atoms with Gasteiger partial charge in [-0.15, -0.1) is 10.2 Å². The van der Waals surface area contributed by atoms with E-state index in [1.807, 2.05) is 36.4 Å². The lowest BCUT2D eigenvalue weighted by Crippen LogP contribution is -2.08. The number of nitrogens with zero attached hydrogens (tertiary/aromatic N) is 3. The Hall–Kier alpha value is -3.61. The maximum Gasteiger partial charge on any atom is 0.248 e. The molecule has 0 radical (unpaired) electrons. The van der Waals surface area contributed by atoms with Crippen molar-refractivity contribution >= 4 is 17.7 Å². The van der Waals surface area contributed by atoms with Crippen LogP contribution in [0.15, 0.2) is 48.5 Å². The molecule has 4 rings (SSSR count). The highest BCUT2D eigenvalue weighted by molar-refractivity contribution is 6.02. The van der Waals surface area contributed by atoms with Crippen molar-refractivity contribution in [2.75, 3.05) is 19.5 Å². The fourth-order valence-corrected chi connectivity index (χ4v) is 3.75. The number of aromatic nitrogens is 3. The van der Waals surface area contributed by atoms with Gasteiger partial charge in [0, 0.05) is 30.3 Å². The largest absolute Gasteiger partial charge is 0.493 e. The molecule has 0 unspecified atom stereocenters. The van der Waals surface area contributed by atoms with Gasteiger partial charge >= 0.3 is 0 Å². The minimum Gasteiger partial charge on any atom is -0.493 e. The number of methoxy groups -OCH3 is 2. The molecule has 1 aliphatic heterocycles. The molecule has 31 heavy (non-hydrogen) atoms. The number of amides is 1. The maximum absolute atomic E-state index is 12.5. The van der Waals surface area contributed by atoms with Crippen molar-refractivity contribution in [1.82, 2.24) is 14.8 Å². The van der Waals surface area contributed by atoms with Crippen molar-refractivity contribution < 1.29 is 14.3 Å². The van der Waals surface area contributed by atoms with Crippen molar-refractivity contribution in [2.45, 2.75) is 32.2 Å². The smallest absolute Gasteiger partial charge is 0.248 e. The van der Waals surface area contributed by atoms with Crippen LogP contribution >= 0.6 is 0 Å². The molecule has 0 saturated carbocycles. The van der Waals surface area contributed by atoms with Gasteiger partial charge in [-0.1, -0.05) is 24.6 Å². The summed E-state index contributed by atoms with van der Waals surface area (Å²) in [6.07, 6.45) is 7.70. The van der Waals surface area contributed by atoms with Crippen molar-refractivity contribution in [3.63, 3.8) is 0 Å². The highest BCUT2D eigenvalue weighted by Gasteiger charge is 2.16. The zero-order valence-electron chi connectivity index (χ0n) is 17.8. The van der Waals surface area contributed by atoms with Crippen molar-refractivity contribution in [3.05, 3.63) is 59.9 Å². The second kappa shape index (κ2) is 9.47. The summed E-state index contributed by atoms with van der Waals surface area (Å²) in [5.74, 6) is 2.94. The van der Waals surface area contributed by atoms with Crippen LogP contribution in [-0.2, 0) is 17.8 Å². The minimum atomic E-state index is -0.216. The molecule has 0 bridgehead atoms. The Morgan fingerprint density at radius 1 is 1.03 bits per heavy atom. The van der Waals surface area contributed by atoms with E-state index in [4.69, 9.17) is 9.47 Å². The number of hydrogen-bond acceptors (Lipinski definition) is 5. The Bertz CT molecular complexity index is 1100. The average molecular weight is 418 g/mol. The lowest BCUT2D eigenvalue weighted by Gasteiger charge is -2.09.